The topological polar surface area (TPSA) is 0 Å². The first-order valence-corrected chi connectivity index (χ1v) is 7.15. The Morgan fingerprint density at radius 2 is 1.82 bits per heavy atom. The molecule has 0 fully saturated rings. The van der Waals surface area contributed by atoms with E-state index >= 15 is 0 Å². The van der Waals surface area contributed by atoms with E-state index in [0.29, 0.717) is 0 Å². The largest absolute Gasteiger partial charge is 0.273 e. The molecule has 0 heterocycles. The van der Waals surface area contributed by atoms with E-state index in [1.165, 1.54) is 19.9 Å². The third-order valence-electron chi connectivity index (χ3n) is 2.41. The van der Waals surface area contributed by atoms with Crippen LogP contribution >= 0.6 is 0 Å². The summed E-state index contributed by atoms with van der Waals surface area (Å²) in [6, 6.07) is 0. The first kappa shape index (κ1) is 16.7. The second-order valence-electron chi connectivity index (χ2n) is 4.39. The number of hydrogen-bond acceptors (Lipinski definition) is 0. The number of allylic oxidation sites excluding steroid dienone is 8. The first-order chi connectivity index (χ1) is 7.95. The second kappa shape index (κ2) is 9.71. The van der Waals surface area contributed by atoms with Crippen molar-refractivity contribution >= 4 is 3.21 Å². The Labute approximate surface area is 122 Å². The summed E-state index contributed by atoms with van der Waals surface area (Å²) < 4.78 is 1.51. The fourth-order valence-corrected chi connectivity index (χ4v) is 1.19. The van der Waals surface area contributed by atoms with Crippen LogP contribution < -0.4 is 0 Å². The van der Waals surface area contributed by atoms with E-state index in [-0.39, 0.29) is 0 Å². The molecule has 1 heteroatoms. The van der Waals surface area contributed by atoms with Gasteiger partial charge in [0.1, 0.15) is 0 Å². The van der Waals surface area contributed by atoms with E-state index < -0.39 is 0 Å². The minimum Gasteiger partial charge on any atom is -0.273 e. The van der Waals surface area contributed by atoms with Crippen molar-refractivity contribution in [1.29, 1.82) is 0 Å². The molecule has 0 saturated heterocycles. The average molecular weight is 306 g/mol. The Bertz CT molecular complexity index is 345. The van der Waals surface area contributed by atoms with Crippen LogP contribution in [0.4, 0.5) is 0 Å². The normalized spacial score (nSPS) is 16.1. The summed E-state index contributed by atoms with van der Waals surface area (Å²) in [4.78, 5) is 0. The van der Waals surface area contributed by atoms with E-state index in [1.54, 1.807) is 24.2 Å². The maximum absolute atomic E-state index is 3.26. The van der Waals surface area contributed by atoms with Crippen LogP contribution in [0.15, 0.2) is 34.9 Å². The van der Waals surface area contributed by atoms with Crippen LogP contribution in [0.1, 0.15) is 47.5 Å². The molecule has 0 radical (unpaired) electrons. The summed E-state index contributed by atoms with van der Waals surface area (Å²) in [6.45, 7) is 10.7. The molecular formula is C16H22Zr. The molecule has 0 aliphatic heterocycles. The maximum Gasteiger partial charge on any atom is -0.109 e. The average Bonchev–Trinajstić information content (AvgIpc) is 2.88. The van der Waals surface area contributed by atoms with Gasteiger partial charge in [0.2, 0.25) is 0 Å². The minimum absolute atomic E-state index is 1.01. The molecule has 0 aromatic heterocycles. The van der Waals surface area contributed by atoms with E-state index in [1.807, 2.05) is 12.2 Å². The minimum atomic E-state index is 1.01. The molecule has 0 spiro atoms. The first-order valence-electron chi connectivity index (χ1n) is 5.92. The molecule has 0 aromatic rings. The predicted octanol–water partition coefficient (Wildman–Crippen LogP) is 4.53. The summed E-state index contributed by atoms with van der Waals surface area (Å²) >= 11 is 1.55. The van der Waals surface area contributed by atoms with Crippen molar-refractivity contribution in [2.45, 2.75) is 47.5 Å². The molecule has 17 heavy (non-hydrogen) atoms. The van der Waals surface area contributed by atoms with Crippen molar-refractivity contribution in [3.05, 3.63) is 47.1 Å². The van der Waals surface area contributed by atoms with Gasteiger partial charge in [0.25, 0.3) is 0 Å². The van der Waals surface area contributed by atoms with Gasteiger partial charge in [0.15, 0.2) is 0 Å². The summed E-state index contributed by atoms with van der Waals surface area (Å²) in [5.41, 5.74) is 4.25. The van der Waals surface area contributed by atoms with Crippen LogP contribution in [0.25, 0.3) is 0 Å². The van der Waals surface area contributed by atoms with Crippen molar-refractivity contribution in [2.24, 2.45) is 0 Å². The molecule has 0 unspecified atom stereocenters. The molecule has 0 saturated carbocycles. The standard InChI is InChI=1S/C8H11.C5H5.C3H6.Zr/c1-6-4-5-7(2)8(6)3;1-2-4-5-3-1;1-3-2;/h4H2,1-3H3;1-3H,4H2;1-2H3;/q2*-1;;+2. The summed E-state index contributed by atoms with van der Waals surface area (Å²) in [5, 5.41) is 0. The Morgan fingerprint density at radius 3 is 1.94 bits per heavy atom. The van der Waals surface area contributed by atoms with Crippen molar-refractivity contribution in [3.8, 4) is 0 Å². The van der Waals surface area contributed by atoms with Gasteiger partial charge in [-0.2, -0.15) is 17.2 Å². The van der Waals surface area contributed by atoms with Gasteiger partial charge in [0.05, 0.1) is 0 Å². The van der Waals surface area contributed by atoms with Crippen LogP contribution in [0, 0.1) is 12.2 Å². The molecule has 0 amide bonds. The van der Waals surface area contributed by atoms with E-state index in [4.69, 9.17) is 0 Å². The zero-order chi connectivity index (χ0) is 13.3. The van der Waals surface area contributed by atoms with E-state index in [9.17, 15) is 0 Å². The van der Waals surface area contributed by atoms with Gasteiger partial charge in [-0.05, 0) is 0 Å². The third-order valence-corrected chi connectivity index (χ3v) is 2.41. The maximum atomic E-state index is 3.26. The van der Waals surface area contributed by atoms with Gasteiger partial charge >= 0.3 is 41.3 Å². The third kappa shape index (κ3) is 9.42. The molecule has 2 aliphatic rings. The van der Waals surface area contributed by atoms with Crippen LogP contribution in [0.3, 0.4) is 0 Å². The molecule has 0 aromatic carbocycles. The predicted molar refractivity (Wildman–Crippen MR) is 73.3 cm³/mol. The van der Waals surface area contributed by atoms with Crippen molar-refractivity contribution in [2.75, 3.05) is 0 Å². The fraction of sp³-hybridized carbons (Fsp3) is 0.438. The summed E-state index contributed by atoms with van der Waals surface area (Å²) in [6.07, 6.45) is 14.3. The SMILES string of the molecule is CC1=[C-]CC(C)=C1C.C[C](C)=[Zr+2].[C-]1=CC=CC1. The number of hydrogen-bond donors (Lipinski definition) is 0. The monoisotopic (exact) mass is 304 g/mol. The van der Waals surface area contributed by atoms with Crippen LogP contribution in [-0.2, 0) is 24.2 Å². The summed E-state index contributed by atoms with van der Waals surface area (Å²) in [5.74, 6) is 0. The van der Waals surface area contributed by atoms with Crippen LogP contribution in [0.5, 0.6) is 0 Å². The molecule has 2 rings (SSSR count). The molecule has 0 bridgehead atoms. The fourth-order valence-electron chi connectivity index (χ4n) is 1.19. The zero-order valence-electron chi connectivity index (χ0n) is 11.6. The van der Waals surface area contributed by atoms with Crippen LogP contribution in [0.2, 0.25) is 0 Å². The van der Waals surface area contributed by atoms with Crippen molar-refractivity contribution in [1.82, 2.24) is 0 Å². The Morgan fingerprint density at radius 1 is 1.24 bits per heavy atom. The van der Waals surface area contributed by atoms with Gasteiger partial charge in [-0.1, -0.05) is 13.8 Å². The Balaban J connectivity index is 0.000000246. The smallest absolute Gasteiger partial charge is 0.109 e. The molecule has 0 N–H and O–H groups in total. The number of rotatable bonds is 0. The zero-order valence-corrected chi connectivity index (χ0v) is 14.1. The van der Waals surface area contributed by atoms with E-state index in [0.717, 1.165) is 12.8 Å². The van der Waals surface area contributed by atoms with Gasteiger partial charge in [-0.3, -0.25) is 12.2 Å². The van der Waals surface area contributed by atoms with Crippen molar-refractivity contribution < 1.29 is 24.2 Å². The summed E-state index contributed by atoms with van der Waals surface area (Å²) in [7, 11) is 0. The second-order valence-corrected chi connectivity index (χ2v) is 6.84. The Kier molecular flexibility index (Phi) is 9.55. The van der Waals surface area contributed by atoms with E-state index in [2.05, 4.69) is 52.8 Å². The van der Waals surface area contributed by atoms with Crippen LogP contribution in [-0.4, -0.2) is 3.21 Å². The van der Waals surface area contributed by atoms with Gasteiger partial charge in [0, 0.05) is 0 Å². The molecule has 90 valence electrons. The van der Waals surface area contributed by atoms with Crippen molar-refractivity contribution in [3.63, 3.8) is 0 Å². The quantitative estimate of drug-likeness (QED) is 0.577. The van der Waals surface area contributed by atoms with Gasteiger partial charge in [-0.25, -0.2) is 17.7 Å². The molecular weight excluding hydrogens is 283 g/mol. The van der Waals surface area contributed by atoms with Gasteiger partial charge in [-0.15, -0.1) is 19.8 Å². The molecule has 0 nitrogen and oxygen atoms in total. The molecule has 0 atom stereocenters. The van der Waals surface area contributed by atoms with Gasteiger partial charge < -0.3 is 0 Å². The molecule has 2 aliphatic carbocycles. The Hall–Kier alpha value is -0.287.